The Balaban J connectivity index is 1.50. The van der Waals surface area contributed by atoms with Crippen molar-refractivity contribution in [3.05, 3.63) is 52.9 Å². The summed E-state index contributed by atoms with van der Waals surface area (Å²) in [6.45, 7) is 8.32. The molecule has 0 radical (unpaired) electrons. The van der Waals surface area contributed by atoms with Gasteiger partial charge in [-0.1, -0.05) is 18.5 Å². The number of hydrogen-bond acceptors (Lipinski definition) is 4. The van der Waals surface area contributed by atoms with Gasteiger partial charge in [-0.25, -0.2) is 9.97 Å². The molecule has 1 aliphatic heterocycles. The van der Waals surface area contributed by atoms with Crippen molar-refractivity contribution in [3.8, 4) is 0 Å². The molecule has 0 N–H and O–H groups in total. The Kier molecular flexibility index (Phi) is 7.66. The summed E-state index contributed by atoms with van der Waals surface area (Å²) in [5.74, 6) is 0.220. The zero-order valence-electron chi connectivity index (χ0n) is 19.9. The average Bonchev–Trinajstić information content (AvgIpc) is 3.27. The smallest absolute Gasteiger partial charge is 0.315 e. The van der Waals surface area contributed by atoms with Crippen molar-refractivity contribution in [2.45, 2.75) is 45.8 Å². The first kappa shape index (κ1) is 25.4. The van der Waals surface area contributed by atoms with Gasteiger partial charge >= 0.3 is 6.18 Å². The van der Waals surface area contributed by atoms with E-state index in [0.717, 1.165) is 44.7 Å². The Morgan fingerprint density at radius 2 is 1.83 bits per heavy atom. The van der Waals surface area contributed by atoms with Crippen LogP contribution in [0.5, 0.6) is 0 Å². The summed E-state index contributed by atoms with van der Waals surface area (Å²) in [5.41, 5.74) is 0.809. The summed E-state index contributed by atoms with van der Waals surface area (Å²) in [4.78, 5) is 26.0. The number of imidazole rings is 1. The molecule has 1 amide bonds. The van der Waals surface area contributed by atoms with Crippen LogP contribution in [0.25, 0.3) is 11.2 Å². The molecule has 35 heavy (non-hydrogen) atoms. The molecule has 4 rings (SSSR count). The van der Waals surface area contributed by atoms with Crippen LogP contribution in [0.15, 0.2) is 36.8 Å². The average molecular weight is 508 g/mol. The number of carbonyl (C=O) groups excluding carboxylic acids is 1. The van der Waals surface area contributed by atoms with Crippen LogP contribution < -0.4 is 4.90 Å². The topological polar surface area (TPSA) is 54.3 Å². The van der Waals surface area contributed by atoms with Gasteiger partial charge in [0.1, 0.15) is 5.52 Å². The Morgan fingerprint density at radius 1 is 1.14 bits per heavy atom. The lowest BCUT2D eigenvalue weighted by Crippen LogP contribution is -2.33. The van der Waals surface area contributed by atoms with Crippen LogP contribution in [0.4, 0.5) is 18.9 Å². The van der Waals surface area contributed by atoms with Crippen molar-refractivity contribution < 1.29 is 18.0 Å². The minimum atomic E-state index is -4.44. The highest BCUT2D eigenvalue weighted by Gasteiger charge is 2.31. The van der Waals surface area contributed by atoms with Crippen molar-refractivity contribution >= 4 is 34.4 Å². The van der Waals surface area contributed by atoms with Crippen LogP contribution in [-0.4, -0.2) is 51.5 Å². The molecule has 3 aromatic rings. The number of likely N-dealkylation sites (tertiary alicyclic amines) is 1. The molecule has 0 atom stereocenters. The van der Waals surface area contributed by atoms with Gasteiger partial charge < -0.3 is 14.4 Å². The van der Waals surface area contributed by atoms with E-state index in [1.807, 2.05) is 4.57 Å². The lowest BCUT2D eigenvalue weighted by molar-refractivity contribution is -0.137. The van der Waals surface area contributed by atoms with Crippen molar-refractivity contribution in [2.75, 3.05) is 31.1 Å². The highest BCUT2D eigenvalue weighted by molar-refractivity contribution is 6.38. The highest BCUT2D eigenvalue weighted by atomic mass is 35.5. The number of benzene rings is 1. The molecule has 0 unspecified atom stereocenters. The van der Waals surface area contributed by atoms with Gasteiger partial charge in [0.15, 0.2) is 5.65 Å². The molecule has 1 fully saturated rings. The zero-order chi connectivity index (χ0) is 25.2. The molecule has 0 bridgehead atoms. The van der Waals surface area contributed by atoms with Crippen molar-refractivity contribution in [3.63, 3.8) is 0 Å². The van der Waals surface area contributed by atoms with Crippen LogP contribution in [0.1, 0.15) is 49.0 Å². The summed E-state index contributed by atoms with van der Waals surface area (Å²) in [5, 5.41) is 0.195. The summed E-state index contributed by atoms with van der Waals surface area (Å²) in [7, 11) is 0. The number of nitrogens with zero attached hydrogens (tertiary/aromatic N) is 5. The third-order valence-corrected chi connectivity index (χ3v) is 7.18. The number of pyridine rings is 1. The number of rotatable bonds is 7. The fourth-order valence-corrected chi connectivity index (χ4v) is 4.88. The minimum Gasteiger partial charge on any atom is -0.315 e. The van der Waals surface area contributed by atoms with E-state index >= 15 is 0 Å². The van der Waals surface area contributed by atoms with E-state index in [1.54, 1.807) is 13.3 Å². The molecule has 1 saturated heterocycles. The molecule has 1 aromatic carbocycles. The normalized spacial score (nSPS) is 15.6. The maximum Gasteiger partial charge on any atom is 0.416 e. The molecule has 0 aliphatic carbocycles. The number of fused-ring (bicyclic) bond motifs is 1. The number of amides is 1. The fraction of sp³-hybridized carbons (Fsp3) is 0.480. The Hall–Kier alpha value is -2.65. The lowest BCUT2D eigenvalue weighted by atomic mass is 9.93. The summed E-state index contributed by atoms with van der Waals surface area (Å²) in [6, 6.07) is 4.48. The fourth-order valence-electron chi connectivity index (χ4n) is 4.62. The van der Waals surface area contributed by atoms with Gasteiger partial charge in [-0.05, 0) is 76.0 Å². The maximum absolute atomic E-state index is 13.3. The Labute approximate surface area is 207 Å². The van der Waals surface area contributed by atoms with Gasteiger partial charge in [0, 0.05) is 25.0 Å². The number of alkyl halides is 3. The first-order chi connectivity index (χ1) is 16.7. The van der Waals surface area contributed by atoms with E-state index in [0.29, 0.717) is 22.8 Å². The second kappa shape index (κ2) is 10.5. The molecule has 2 aromatic heterocycles. The first-order valence-corrected chi connectivity index (χ1v) is 12.3. The van der Waals surface area contributed by atoms with Crippen LogP contribution in [0.3, 0.4) is 0 Å². The molecule has 3 heterocycles. The monoisotopic (exact) mass is 507 g/mol. The van der Waals surface area contributed by atoms with E-state index in [1.165, 1.54) is 36.1 Å². The number of carbonyl (C=O) groups is 1. The van der Waals surface area contributed by atoms with Gasteiger partial charge in [-0.15, -0.1) is 0 Å². The predicted molar refractivity (Wildman–Crippen MR) is 131 cm³/mol. The van der Waals surface area contributed by atoms with Crippen LogP contribution >= 0.6 is 11.6 Å². The number of hydrogen-bond donors (Lipinski definition) is 0. The molecular weight excluding hydrogens is 479 g/mol. The SMILES string of the molecule is CCN1CCC(CCn2cnc3c(Cl)c(C(=O)N(CC)c4ccc(C(F)(F)F)cc4)cnc32)CC1. The van der Waals surface area contributed by atoms with Crippen molar-refractivity contribution in [1.29, 1.82) is 0 Å². The van der Waals surface area contributed by atoms with Crippen LogP contribution in [0, 0.1) is 5.92 Å². The molecule has 0 spiro atoms. The number of halogens is 4. The molecule has 1 aliphatic rings. The van der Waals surface area contributed by atoms with E-state index in [-0.39, 0.29) is 17.1 Å². The first-order valence-electron chi connectivity index (χ1n) is 11.9. The highest BCUT2D eigenvalue weighted by Crippen LogP contribution is 2.32. The Bertz CT molecular complexity index is 1170. The minimum absolute atomic E-state index is 0.165. The van der Waals surface area contributed by atoms with E-state index in [4.69, 9.17) is 11.6 Å². The van der Waals surface area contributed by atoms with Crippen LogP contribution in [-0.2, 0) is 12.7 Å². The zero-order valence-corrected chi connectivity index (χ0v) is 20.6. The van der Waals surface area contributed by atoms with Crippen LogP contribution in [0.2, 0.25) is 5.02 Å². The number of aryl methyl sites for hydroxylation is 1. The maximum atomic E-state index is 13.3. The quantitative estimate of drug-likeness (QED) is 0.400. The summed E-state index contributed by atoms with van der Waals surface area (Å²) in [6.07, 6.45) is 2.09. The third kappa shape index (κ3) is 5.46. The third-order valence-electron chi connectivity index (χ3n) is 6.80. The van der Waals surface area contributed by atoms with E-state index in [2.05, 4.69) is 21.8 Å². The molecule has 6 nitrogen and oxygen atoms in total. The predicted octanol–water partition coefficient (Wildman–Crippen LogP) is 5.89. The molecular formula is C25H29ClF3N5O. The van der Waals surface area contributed by atoms with Gasteiger partial charge in [0.05, 0.1) is 22.5 Å². The van der Waals surface area contributed by atoms with Crippen molar-refractivity contribution in [2.24, 2.45) is 5.92 Å². The van der Waals surface area contributed by atoms with Gasteiger partial charge in [-0.3, -0.25) is 4.79 Å². The Morgan fingerprint density at radius 3 is 2.43 bits per heavy atom. The summed E-state index contributed by atoms with van der Waals surface area (Å²) < 4.78 is 40.7. The standard InChI is InChI=1S/C25H29ClF3N5O/c1-3-32-12-9-17(10-13-32)11-14-33-16-31-22-21(26)20(15-30-23(22)33)24(35)34(4-2)19-7-5-18(6-8-19)25(27,28)29/h5-8,15-17H,3-4,9-14H2,1-2H3. The lowest BCUT2D eigenvalue weighted by Gasteiger charge is -2.31. The van der Waals surface area contributed by atoms with Gasteiger partial charge in [0.2, 0.25) is 0 Å². The number of anilines is 1. The van der Waals surface area contributed by atoms with Crippen molar-refractivity contribution in [1.82, 2.24) is 19.4 Å². The second-order valence-electron chi connectivity index (χ2n) is 8.86. The number of piperidine rings is 1. The second-order valence-corrected chi connectivity index (χ2v) is 9.23. The van der Waals surface area contributed by atoms with E-state index in [9.17, 15) is 18.0 Å². The van der Waals surface area contributed by atoms with Gasteiger partial charge in [-0.2, -0.15) is 13.2 Å². The van der Waals surface area contributed by atoms with E-state index < -0.39 is 17.6 Å². The number of aromatic nitrogens is 3. The molecule has 10 heteroatoms. The molecule has 0 saturated carbocycles. The largest absolute Gasteiger partial charge is 0.416 e. The summed E-state index contributed by atoms with van der Waals surface area (Å²) >= 11 is 6.59. The van der Waals surface area contributed by atoms with Gasteiger partial charge in [0.25, 0.3) is 5.91 Å². The molecule has 188 valence electrons.